The molecule has 1 aliphatic rings. The van der Waals surface area contributed by atoms with Gasteiger partial charge in [0.2, 0.25) is 5.91 Å². The van der Waals surface area contributed by atoms with Gasteiger partial charge in [0.25, 0.3) is 0 Å². The van der Waals surface area contributed by atoms with Gasteiger partial charge in [0.05, 0.1) is 7.11 Å². The first-order valence-electron chi connectivity index (χ1n) is 6.38. The number of hydrogen-bond acceptors (Lipinski definition) is 3. The van der Waals surface area contributed by atoms with Crippen molar-refractivity contribution < 1.29 is 9.53 Å². The van der Waals surface area contributed by atoms with E-state index in [1.807, 2.05) is 30.1 Å². The van der Waals surface area contributed by atoms with Crippen molar-refractivity contribution in [2.45, 2.75) is 19.3 Å². The highest BCUT2D eigenvalue weighted by Gasteiger charge is 2.22. The molecule has 1 aliphatic heterocycles. The summed E-state index contributed by atoms with van der Waals surface area (Å²) in [6, 6.07) is 5.94. The van der Waals surface area contributed by atoms with Gasteiger partial charge in [0, 0.05) is 25.2 Å². The van der Waals surface area contributed by atoms with Crippen LogP contribution in [0.3, 0.4) is 0 Å². The normalized spacial score (nSPS) is 14.2. The predicted octanol–water partition coefficient (Wildman–Crippen LogP) is 1.58. The molecule has 0 spiro atoms. The molecule has 4 nitrogen and oxygen atoms in total. The topological polar surface area (TPSA) is 41.6 Å². The summed E-state index contributed by atoms with van der Waals surface area (Å²) in [7, 11) is 3.53. The van der Waals surface area contributed by atoms with Gasteiger partial charge in [-0.1, -0.05) is 0 Å². The number of fused-ring (bicyclic) bond motifs is 1. The van der Waals surface area contributed by atoms with Crippen LogP contribution in [0.25, 0.3) is 0 Å². The molecule has 0 fully saturated rings. The Morgan fingerprint density at radius 2 is 2.33 bits per heavy atom. The van der Waals surface area contributed by atoms with Crippen LogP contribution in [-0.4, -0.2) is 33.2 Å². The first kappa shape index (κ1) is 12.9. The zero-order valence-electron chi connectivity index (χ0n) is 11.0. The van der Waals surface area contributed by atoms with Gasteiger partial charge >= 0.3 is 0 Å². The Balaban J connectivity index is 2.19. The lowest BCUT2D eigenvalue weighted by Gasteiger charge is -2.29. The second kappa shape index (κ2) is 5.87. The Kier molecular flexibility index (Phi) is 4.20. The number of amides is 1. The second-order valence-electron chi connectivity index (χ2n) is 4.50. The average Bonchev–Trinajstić information content (AvgIpc) is 2.43. The van der Waals surface area contributed by atoms with E-state index in [1.54, 1.807) is 7.11 Å². The van der Waals surface area contributed by atoms with E-state index in [9.17, 15) is 4.79 Å². The van der Waals surface area contributed by atoms with Crippen LogP contribution in [-0.2, 0) is 11.2 Å². The van der Waals surface area contributed by atoms with Crippen LogP contribution in [0.15, 0.2) is 18.2 Å². The molecule has 0 atom stereocenters. The Morgan fingerprint density at radius 3 is 3.06 bits per heavy atom. The second-order valence-corrected chi connectivity index (χ2v) is 4.50. The van der Waals surface area contributed by atoms with Gasteiger partial charge in [-0.25, -0.2) is 0 Å². The van der Waals surface area contributed by atoms with Crippen LogP contribution >= 0.6 is 0 Å². The van der Waals surface area contributed by atoms with Crippen LogP contribution < -0.4 is 15.0 Å². The molecule has 0 unspecified atom stereocenters. The number of carbonyl (C=O) groups is 1. The van der Waals surface area contributed by atoms with Crippen molar-refractivity contribution in [3.05, 3.63) is 23.8 Å². The molecule has 0 aliphatic carbocycles. The highest BCUT2D eigenvalue weighted by Crippen LogP contribution is 2.30. The van der Waals surface area contributed by atoms with Crippen LogP contribution in [0, 0.1) is 0 Å². The summed E-state index contributed by atoms with van der Waals surface area (Å²) in [5, 5.41) is 3.01. The minimum Gasteiger partial charge on any atom is -0.497 e. The molecule has 18 heavy (non-hydrogen) atoms. The summed E-state index contributed by atoms with van der Waals surface area (Å²) >= 11 is 0. The smallest absolute Gasteiger partial charge is 0.228 e. The van der Waals surface area contributed by atoms with Crippen LogP contribution in [0.5, 0.6) is 5.75 Å². The molecule has 1 heterocycles. The van der Waals surface area contributed by atoms with Crippen LogP contribution in [0.1, 0.15) is 18.4 Å². The van der Waals surface area contributed by atoms with E-state index in [0.717, 1.165) is 37.4 Å². The summed E-state index contributed by atoms with van der Waals surface area (Å²) < 4.78 is 5.23. The highest BCUT2D eigenvalue weighted by molar-refractivity contribution is 5.94. The molecule has 0 saturated carbocycles. The zero-order chi connectivity index (χ0) is 13.0. The summed E-state index contributed by atoms with van der Waals surface area (Å²) in [6.45, 7) is 1.54. The molecule has 1 aromatic carbocycles. The van der Waals surface area contributed by atoms with E-state index in [4.69, 9.17) is 4.74 Å². The van der Waals surface area contributed by atoms with Gasteiger partial charge in [0.15, 0.2) is 0 Å². The first-order chi connectivity index (χ1) is 8.76. The molecule has 1 aromatic rings. The molecular formula is C14H20N2O2. The first-order valence-corrected chi connectivity index (χ1v) is 6.38. The van der Waals surface area contributed by atoms with Gasteiger partial charge in [0.1, 0.15) is 5.75 Å². The summed E-state index contributed by atoms with van der Waals surface area (Å²) in [5.74, 6) is 1.05. The standard InChI is InChI=1S/C14H20N2O2/c1-15-8-7-14(17)16-9-3-4-11-10-12(18-2)5-6-13(11)16/h5-6,10,15H,3-4,7-9H2,1-2H3. The van der Waals surface area contributed by atoms with E-state index >= 15 is 0 Å². The maximum atomic E-state index is 12.1. The van der Waals surface area contributed by atoms with Crippen molar-refractivity contribution in [1.82, 2.24) is 5.32 Å². The molecule has 0 radical (unpaired) electrons. The minimum absolute atomic E-state index is 0.190. The van der Waals surface area contributed by atoms with Crippen molar-refractivity contribution in [3.8, 4) is 5.75 Å². The lowest BCUT2D eigenvalue weighted by molar-refractivity contribution is -0.118. The Bertz CT molecular complexity index is 432. The van der Waals surface area contributed by atoms with Gasteiger partial charge in [-0.05, 0) is 43.7 Å². The van der Waals surface area contributed by atoms with Crippen molar-refractivity contribution in [2.75, 3.05) is 32.1 Å². The SMILES string of the molecule is CNCCC(=O)N1CCCc2cc(OC)ccc21. The third-order valence-corrected chi connectivity index (χ3v) is 3.30. The summed E-state index contributed by atoms with van der Waals surface area (Å²) in [4.78, 5) is 14.0. The number of benzene rings is 1. The number of nitrogens with zero attached hydrogens (tertiary/aromatic N) is 1. The van der Waals surface area contributed by atoms with E-state index < -0.39 is 0 Å². The molecule has 0 bridgehead atoms. The maximum absolute atomic E-state index is 12.1. The largest absolute Gasteiger partial charge is 0.497 e. The maximum Gasteiger partial charge on any atom is 0.228 e. The van der Waals surface area contributed by atoms with Crippen molar-refractivity contribution in [1.29, 1.82) is 0 Å². The Morgan fingerprint density at radius 1 is 1.50 bits per heavy atom. The zero-order valence-corrected chi connectivity index (χ0v) is 11.0. The number of hydrogen-bond donors (Lipinski definition) is 1. The Hall–Kier alpha value is -1.55. The fourth-order valence-electron chi connectivity index (χ4n) is 2.33. The van der Waals surface area contributed by atoms with E-state index in [1.165, 1.54) is 5.56 Å². The number of carbonyl (C=O) groups excluding carboxylic acids is 1. The fourth-order valence-corrected chi connectivity index (χ4v) is 2.33. The third-order valence-electron chi connectivity index (χ3n) is 3.30. The van der Waals surface area contributed by atoms with Crippen LogP contribution in [0.2, 0.25) is 0 Å². The van der Waals surface area contributed by atoms with E-state index in [2.05, 4.69) is 5.32 Å². The number of methoxy groups -OCH3 is 1. The van der Waals surface area contributed by atoms with Crippen molar-refractivity contribution >= 4 is 11.6 Å². The minimum atomic E-state index is 0.190. The molecule has 0 aromatic heterocycles. The molecule has 0 saturated heterocycles. The summed E-state index contributed by atoms with van der Waals surface area (Å²) in [5.41, 5.74) is 2.25. The van der Waals surface area contributed by atoms with Crippen molar-refractivity contribution in [2.24, 2.45) is 0 Å². The Labute approximate surface area is 108 Å². The molecular weight excluding hydrogens is 228 g/mol. The lowest BCUT2D eigenvalue weighted by atomic mass is 10.0. The van der Waals surface area contributed by atoms with Gasteiger partial charge in [-0.15, -0.1) is 0 Å². The average molecular weight is 248 g/mol. The number of anilines is 1. The third kappa shape index (κ3) is 2.64. The van der Waals surface area contributed by atoms with Gasteiger partial charge < -0.3 is 15.0 Å². The fraction of sp³-hybridized carbons (Fsp3) is 0.500. The molecule has 1 amide bonds. The monoisotopic (exact) mass is 248 g/mol. The summed E-state index contributed by atoms with van der Waals surface area (Å²) in [6.07, 6.45) is 2.58. The molecule has 4 heteroatoms. The molecule has 98 valence electrons. The van der Waals surface area contributed by atoms with Crippen LogP contribution in [0.4, 0.5) is 5.69 Å². The van der Waals surface area contributed by atoms with E-state index in [0.29, 0.717) is 6.42 Å². The van der Waals surface area contributed by atoms with Gasteiger partial charge in [-0.2, -0.15) is 0 Å². The van der Waals surface area contributed by atoms with E-state index in [-0.39, 0.29) is 5.91 Å². The molecule has 2 rings (SSSR count). The van der Waals surface area contributed by atoms with Crippen molar-refractivity contribution in [3.63, 3.8) is 0 Å². The number of rotatable bonds is 4. The molecule has 1 N–H and O–H groups in total. The number of aryl methyl sites for hydroxylation is 1. The predicted molar refractivity (Wildman–Crippen MR) is 72.2 cm³/mol. The number of nitrogens with one attached hydrogen (secondary N) is 1. The lowest BCUT2D eigenvalue weighted by Crippen LogP contribution is -2.36. The highest BCUT2D eigenvalue weighted by atomic mass is 16.5. The van der Waals surface area contributed by atoms with Gasteiger partial charge in [-0.3, -0.25) is 4.79 Å². The number of ether oxygens (including phenoxy) is 1. The quantitative estimate of drug-likeness (QED) is 0.879.